The Hall–Kier alpha value is -2.19. The molecule has 3 aliphatic rings. The lowest BCUT2D eigenvalue weighted by atomic mass is 9.89. The molecule has 0 atom stereocenters. The predicted octanol–water partition coefficient (Wildman–Crippen LogP) is 0.194. The van der Waals surface area contributed by atoms with Crippen LogP contribution in [0.15, 0.2) is 12.3 Å². The fourth-order valence-corrected chi connectivity index (χ4v) is 4.64. The van der Waals surface area contributed by atoms with Gasteiger partial charge in [0.15, 0.2) is 5.65 Å². The summed E-state index contributed by atoms with van der Waals surface area (Å²) in [7, 11) is 0. The molecule has 0 spiro atoms. The van der Waals surface area contributed by atoms with Gasteiger partial charge in [0.25, 0.3) is 0 Å². The van der Waals surface area contributed by atoms with E-state index in [0.717, 1.165) is 76.4 Å². The zero-order valence-electron chi connectivity index (χ0n) is 16.5. The van der Waals surface area contributed by atoms with Crippen LogP contribution in [0.3, 0.4) is 0 Å². The molecule has 28 heavy (non-hydrogen) atoms. The second kappa shape index (κ2) is 6.70. The Balaban J connectivity index is 1.35. The summed E-state index contributed by atoms with van der Waals surface area (Å²) in [6.45, 7) is 7.07. The first-order valence-electron chi connectivity index (χ1n) is 10.4. The Kier molecular flexibility index (Phi) is 4.28. The van der Waals surface area contributed by atoms with Crippen molar-refractivity contribution in [2.75, 3.05) is 44.2 Å². The first-order valence-corrected chi connectivity index (χ1v) is 10.4. The van der Waals surface area contributed by atoms with Crippen LogP contribution in [-0.2, 0) is 17.6 Å². The number of nitrogens with zero attached hydrogens (tertiary/aromatic N) is 5. The molecule has 0 saturated carbocycles. The second-order valence-corrected chi connectivity index (χ2v) is 8.79. The molecule has 0 aromatic carbocycles. The minimum Gasteiger partial charge on any atom is -0.354 e. The minimum atomic E-state index is -0.128. The Morgan fingerprint density at radius 2 is 2.00 bits per heavy atom. The highest BCUT2D eigenvalue weighted by atomic mass is 16.2. The molecule has 8 nitrogen and oxygen atoms in total. The number of rotatable bonds is 2. The van der Waals surface area contributed by atoms with Crippen LogP contribution in [0.2, 0.25) is 0 Å². The molecule has 0 unspecified atom stereocenters. The number of hydrogen-bond donors (Lipinski definition) is 2. The monoisotopic (exact) mass is 383 g/mol. The van der Waals surface area contributed by atoms with E-state index >= 15 is 0 Å². The van der Waals surface area contributed by atoms with Gasteiger partial charge in [-0.25, -0.2) is 4.98 Å². The average Bonchev–Trinajstić information content (AvgIpc) is 2.96. The zero-order chi connectivity index (χ0) is 19.3. The fraction of sp³-hybridized carbons (Fsp3) is 0.650. The summed E-state index contributed by atoms with van der Waals surface area (Å²) in [5.41, 5.74) is 9.43. The third-order valence-corrected chi connectivity index (χ3v) is 6.53. The summed E-state index contributed by atoms with van der Waals surface area (Å²) in [6.07, 6.45) is 5.46. The summed E-state index contributed by atoms with van der Waals surface area (Å²) < 4.78 is 1.95. The molecular formula is C20H29N7O. The van der Waals surface area contributed by atoms with Crippen molar-refractivity contribution in [3.8, 4) is 0 Å². The van der Waals surface area contributed by atoms with Crippen molar-refractivity contribution in [2.45, 2.75) is 38.1 Å². The van der Waals surface area contributed by atoms with Gasteiger partial charge in [0.1, 0.15) is 5.82 Å². The number of amides is 1. The van der Waals surface area contributed by atoms with E-state index in [1.807, 2.05) is 21.7 Å². The van der Waals surface area contributed by atoms with Crippen LogP contribution >= 0.6 is 0 Å². The number of piperidine rings is 1. The highest BCUT2D eigenvalue weighted by Gasteiger charge is 2.39. The van der Waals surface area contributed by atoms with Gasteiger partial charge < -0.3 is 20.9 Å². The first-order chi connectivity index (χ1) is 13.5. The molecule has 3 aliphatic heterocycles. The Morgan fingerprint density at radius 1 is 1.25 bits per heavy atom. The van der Waals surface area contributed by atoms with Crippen molar-refractivity contribution >= 4 is 17.4 Å². The molecule has 0 bridgehead atoms. The van der Waals surface area contributed by atoms with Crippen molar-refractivity contribution in [1.82, 2.24) is 24.8 Å². The van der Waals surface area contributed by atoms with Crippen LogP contribution in [0.5, 0.6) is 0 Å². The smallest absolute Gasteiger partial charge is 0.229 e. The largest absolute Gasteiger partial charge is 0.354 e. The summed E-state index contributed by atoms with van der Waals surface area (Å²) in [4.78, 5) is 22.1. The van der Waals surface area contributed by atoms with Crippen molar-refractivity contribution in [2.24, 2.45) is 11.7 Å². The lowest BCUT2D eigenvalue weighted by Gasteiger charge is -2.44. The van der Waals surface area contributed by atoms with Crippen LogP contribution in [0.1, 0.15) is 31.0 Å². The molecule has 2 aromatic rings. The molecule has 3 N–H and O–H groups in total. The average molecular weight is 384 g/mol. The van der Waals surface area contributed by atoms with Gasteiger partial charge in [0.2, 0.25) is 5.91 Å². The van der Waals surface area contributed by atoms with E-state index in [9.17, 15) is 4.79 Å². The van der Waals surface area contributed by atoms with Gasteiger partial charge in [-0.1, -0.05) is 0 Å². The van der Waals surface area contributed by atoms with Crippen LogP contribution in [-0.4, -0.2) is 70.2 Å². The lowest BCUT2D eigenvalue weighted by Crippen LogP contribution is -2.58. The van der Waals surface area contributed by atoms with E-state index in [4.69, 9.17) is 10.7 Å². The van der Waals surface area contributed by atoms with Crippen LogP contribution in [0.4, 0.5) is 5.82 Å². The zero-order valence-corrected chi connectivity index (χ0v) is 16.5. The van der Waals surface area contributed by atoms with E-state index in [0.29, 0.717) is 0 Å². The molecule has 0 radical (unpaired) electrons. The number of carbonyl (C=O) groups is 1. The van der Waals surface area contributed by atoms with Gasteiger partial charge in [0, 0.05) is 56.3 Å². The van der Waals surface area contributed by atoms with Gasteiger partial charge in [-0.3, -0.25) is 4.79 Å². The summed E-state index contributed by atoms with van der Waals surface area (Å²) in [5, 5.41) is 7.98. The number of anilines is 1. The molecule has 5 heterocycles. The molecule has 2 aromatic heterocycles. The maximum atomic E-state index is 12.9. The number of likely N-dealkylation sites (tertiary alicyclic amines) is 1. The highest BCUT2D eigenvalue weighted by Crippen LogP contribution is 2.32. The fourth-order valence-electron chi connectivity index (χ4n) is 4.64. The van der Waals surface area contributed by atoms with Crippen molar-refractivity contribution in [1.29, 1.82) is 0 Å². The molecule has 2 fully saturated rings. The summed E-state index contributed by atoms with van der Waals surface area (Å²) >= 11 is 0. The number of nitrogens with two attached hydrogens (primary N) is 1. The lowest BCUT2D eigenvalue weighted by molar-refractivity contribution is -0.137. The number of nitrogens with one attached hydrogen (secondary N) is 1. The molecular weight excluding hydrogens is 354 g/mol. The number of aromatic nitrogens is 3. The van der Waals surface area contributed by atoms with Gasteiger partial charge >= 0.3 is 0 Å². The van der Waals surface area contributed by atoms with Crippen LogP contribution in [0.25, 0.3) is 5.65 Å². The van der Waals surface area contributed by atoms with E-state index in [1.54, 1.807) is 0 Å². The van der Waals surface area contributed by atoms with Gasteiger partial charge in [-0.15, -0.1) is 0 Å². The Labute approximate surface area is 165 Å². The highest BCUT2D eigenvalue weighted by molar-refractivity contribution is 5.82. The number of carbonyl (C=O) groups excluding carboxylic acids is 1. The Morgan fingerprint density at radius 3 is 2.79 bits per heavy atom. The maximum absolute atomic E-state index is 12.9. The van der Waals surface area contributed by atoms with E-state index in [1.165, 1.54) is 11.3 Å². The van der Waals surface area contributed by atoms with Gasteiger partial charge in [-0.05, 0) is 32.7 Å². The minimum absolute atomic E-state index is 0.0699. The van der Waals surface area contributed by atoms with Crippen LogP contribution in [0, 0.1) is 5.92 Å². The quantitative estimate of drug-likeness (QED) is 0.769. The maximum Gasteiger partial charge on any atom is 0.229 e. The number of fused-ring (bicyclic) bond motifs is 2. The van der Waals surface area contributed by atoms with Crippen molar-refractivity contribution in [3.05, 3.63) is 23.5 Å². The summed E-state index contributed by atoms with van der Waals surface area (Å²) in [6, 6.07) is 1.96. The second-order valence-electron chi connectivity index (χ2n) is 8.79. The van der Waals surface area contributed by atoms with Gasteiger partial charge in [-0.2, -0.15) is 9.61 Å². The molecule has 150 valence electrons. The molecule has 2 saturated heterocycles. The Bertz CT molecular complexity index is 889. The molecule has 8 heteroatoms. The standard InChI is InChI=1S/C20H29N7O/c1-20(21)5-10-25(11-6-20)19(28)14-12-26(13-14)18-15-2-7-22-8-3-16(15)24-17-4-9-23-27(17)18/h4,9,14,22H,2-3,5-8,10-13,21H2,1H3. The van der Waals surface area contributed by atoms with Crippen LogP contribution < -0.4 is 16.0 Å². The molecule has 5 rings (SSSR count). The van der Waals surface area contributed by atoms with Crippen molar-refractivity contribution < 1.29 is 4.79 Å². The van der Waals surface area contributed by atoms with E-state index in [2.05, 4.69) is 22.2 Å². The normalized spacial score (nSPS) is 22.6. The van der Waals surface area contributed by atoms with E-state index in [-0.39, 0.29) is 17.4 Å². The third-order valence-electron chi connectivity index (χ3n) is 6.53. The topological polar surface area (TPSA) is 91.8 Å². The van der Waals surface area contributed by atoms with Gasteiger partial charge in [0.05, 0.1) is 17.8 Å². The SMILES string of the molecule is CC1(N)CCN(C(=O)C2CN(c3c4c(nc5ccnn35)CCNCC4)C2)CC1. The van der Waals surface area contributed by atoms with Crippen molar-refractivity contribution in [3.63, 3.8) is 0 Å². The number of hydrogen-bond acceptors (Lipinski definition) is 6. The first kappa shape index (κ1) is 17.9. The molecule has 0 aliphatic carbocycles. The molecule has 1 amide bonds. The third kappa shape index (κ3) is 3.04. The predicted molar refractivity (Wildman–Crippen MR) is 107 cm³/mol. The summed E-state index contributed by atoms with van der Waals surface area (Å²) in [5.74, 6) is 1.48. The van der Waals surface area contributed by atoms with E-state index < -0.39 is 0 Å².